The van der Waals surface area contributed by atoms with Gasteiger partial charge in [0.25, 0.3) is 5.91 Å². The Labute approximate surface area is 186 Å². The van der Waals surface area contributed by atoms with Crippen molar-refractivity contribution in [2.24, 2.45) is 0 Å². The summed E-state index contributed by atoms with van der Waals surface area (Å²) in [6.07, 6.45) is -2.19. The molecule has 0 atom stereocenters. The molecule has 1 N–H and O–H groups in total. The van der Waals surface area contributed by atoms with E-state index in [1.165, 1.54) is 39.5 Å². The number of rotatable bonds is 5. The summed E-state index contributed by atoms with van der Waals surface area (Å²) in [7, 11) is -0.569. The summed E-state index contributed by atoms with van der Waals surface area (Å²) in [5, 5.41) is 2.29. The minimum absolute atomic E-state index is 0.00829. The molecule has 0 spiro atoms. The van der Waals surface area contributed by atoms with Gasteiger partial charge in [0.2, 0.25) is 10.0 Å². The fraction of sp³-hybridized carbons (Fsp3) is 0.409. The van der Waals surface area contributed by atoms with Gasteiger partial charge in [0.05, 0.1) is 16.1 Å². The second-order valence-electron chi connectivity index (χ2n) is 8.02. The number of anilines is 2. The number of halogens is 3. The molecule has 1 heterocycles. The van der Waals surface area contributed by atoms with Crippen molar-refractivity contribution in [1.29, 1.82) is 0 Å². The van der Waals surface area contributed by atoms with Crippen LogP contribution in [-0.2, 0) is 16.2 Å². The van der Waals surface area contributed by atoms with Crippen LogP contribution in [0.4, 0.5) is 24.5 Å². The highest BCUT2D eigenvalue weighted by atomic mass is 32.2. The third-order valence-electron chi connectivity index (χ3n) is 5.46. The largest absolute Gasteiger partial charge is 0.418 e. The normalized spacial score (nSPS) is 15.4. The van der Waals surface area contributed by atoms with E-state index in [1.807, 2.05) is 0 Å². The number of nitrogens with one attached hydrogen (secondary N) is 1. The summed E-state index contributed by atoms with van der Waals surface area (Å²) in [4.78, 5) is 14.3. The molecule has 0 unspecified atom stereocenters. The number of carbonyl (C=O) groups excluding carboxylic acids is 1. The molecule has 1 saturated heterocycles. The zero-order valence-electron chi connectivity index (χ0n) is 18.2. The van der Waals surface area contributed by atoms with Crippen molar-refractivity contribution < 1.29 is 26.4 Å². The summed E-state index contributed by atoms with van der Waals surface area (Å²) in [5.74, 6) is -0.816. The van der Waals surface area contributed by atoms with Crippen LogP contribution in [0.3, 0.4) is 0 Å². The number of sulfonamides is 1. The summed E-state index contributed by atoms with van der Waals surface area (Å²) >= 11 is 0. The first-order chi connectivity index (χ1) is 14.9. The molecule has 0 saturated carbocycles. The van der Waals surface area contributed by atoms with Crippen LogP contribution in [0.15, 0.2) is 41.3 Å². The lowest BCUT2D eigenvalue weighted by atomic mass is 10.1. The van der Waals surface area contributed by atoms with Crippen LogP contribution >= 0.6 is 0 Å². The lowest BCUT2D eigenvalue weighted by Gasteiger charge is -2.26. The van der Waals surface area contributed by atoms with E-state index in [-0.39, 0.29) is 10.5 Å². The van der Waals surface area contributed by atoms with Gasteiger partial charge >= 0.3 is 6.18 Å². The molecule has 174 valence electrons. The van der Waals surface area contributed by atoms with Gasteiger partial charge in [0, 0.05) is 38.4 Å². The second kappa shape index (κ2) is 9.11. The van der Waals surface area contributed by atoms with Gasteiger partial charge in [-0.2, -0.15) is 17.5 Å². The maximum atomic E-state index is 13.6. The molecule has 1 aliphatic rings. The predicted octanol–water partition coefficient (Wildman–Crippen LogP) is 4.51. The van der Waals surface area contributed by atoms with E-state index >= 15 is 0 Å². The monoisotopic (exact) mass is 469 g/mol. The zero-order valence-corrected chi connectivity index (χ0v) is 19.0. The topological polar surface area (TPSA) is 69.7 Å². The Bertz CT molecular complexity index is 1110. The zero-order chi connectivity index (χ0) is 23.7. The molecule has 0 aliphatic carbocycles. The average Bonchev–Trinajstić information content (AvgIpc) is 2.73. The molecular weight excluding hydrogens is 443 g/mol. The number of benzene rings is 2. The Morgan fingerprint density at radius 2 is 1.69 bits per heavy atom. The van der Waals surface area contributed by atoms with E-state index in [4.69, 9.17) is 0 Å². The second-order valence-corrected chi connectivity index (χ2v) is 9.93. The number of amides is 1. The molecule has 2 aromatic carbocycles. The van der Waals surface area contributed by atoms with E-state index in [0.717, 1.165) is 25.3 Å². The molecule has 0 bridgehead atoms. The number of hydrogen-bond donors (Lipinski definition) is 1. The maximum Gasteiger partial charge on any atom is 0.418 e. The van der Waals surface area contributed by atoms with E-state index in [9.17, 15) is 26.4 Å². The molecule has 1 aliphatic heterocycles. The van der Waals surface area contributed by atoms with Crippen molar-refractivity contribution in [3.8, 4) is 0 Å². The Balaban J connectivity index is 1.94. The Hall–Kier alpha value is -2.59. The lowest BCUT2D eigenvalue weighted by Crippen LogP contribution is -2.36. The van der Waals surface area contributed by atoms with Crippen LogP contribution in [0.5, 0.6) is 0 Å². The van der Waals surface area contributed by atoms with E-state index < -0.39 is 33.4 Å². The first-order valence-corrected chi connectivity index (χ1v) is 11.7. The van der Waals surface area contributed by atoms with Crippen molar-refractivity contribution in [3.05, 3.63) is 53.1 Å². The number of alkyl halides is 3. The fourth-order valence-electron chi connectivity index (χ4n) is 3.61. The minimum Gasteiger partial charge on any atom is -0.378 e. The Morgan fingerprint density at radius 1 is 1.03 bits per heavy atom. The van der Waals surface area contributed by atoms with Gasteiger partial charge in [-0.05, 0) is 55.7 Å². The highest BCUT2D eigenvalue weighted by molar-refractivity contribution is 7.89. The third kappa shape index (κ3) is 5.07. The van der Waals surface area contributed by atoms with Gasteiger partial charge < -0.3 is 10.2 Å². The van der Waals surface area contributed by atoms with Crippen molar-refractivity contribution in [1.82, 2.24) is 4.31 Å². The lowest BCUT2D eigenvalue weighted by molar-refractivity contribution is -0.136. The molecule has 0 radical (unpaired) electrons. The first kappa shape index (κ1) is 24.1. The molecule has 2 aromatic rings. The van der Waals surface area contributed by atoms with Crippen molar-refractivity contribution in [2.45, 2.75) is 37.3 Å². The number of aryl methyl sites for hydroxylation is 1. The molecule has 1 fully saturated rings. The van der Waals surface area contributed by atoms with Gasteiger partial charge in [-0.25, -0.2) is 8.42 Å². The predicted molar refractivity (Wildman–Crippen MR) is 118 cm³/mol. The standard InChI is InChI=1S/C22H26F3N3O3S/c1-15-7-8-16(13-20(15)32(30,31)28-11-5-4-6-12-28)21(29)26-19-10-9-17(27(2)3)14-18(19)22(23,24)25/h7-10,13-14H,4-6,11-12H2,1-3H3,(H,26,29). The van der Waals surface area contributed by atoms with Gasteiger partial charge in [-0.15, -0.1) is 0 Å². The molecule has 10 heteroatoms. The van der Waals surface area contributed by atoms with Crippen molar-refractivity contribution >= 4 is 27.3 Å². The van der Waals surface area contributed by atoms with Crippen LogP contribution in [0.2, 0.25) is 0 Å². The minimum atomic E-state index is -4.68. The number of piperidine rings is 1. The highest BCUT2D eigenvalue weighted by Crippen LogP contribution is 2.37. The molecule has 1 amide bonds. The van der Waals surface area contributed by atoms with Gasteiger partial charge in [-0.3, -0.25) is 4.79 Å². The quantitative estimate of drug-likeness (QED) is 0.700. The average molecular weight is 470 g/mol. The van der Waals surface area contributed by atoms with Gasteiger partial charge in [0.1, 0.15) is 0 Å². The summed E-state index contributed by atoms with van der Waals surface area (Å²) < 4.78 is 68.2. The van der Waals surface area contributed by atoms with E-state index in [1.54, 1.807) is 21.0 Å². The van der Waals surface area contributed by atoms with Crippen LogP contribution < -0.4 is 10.2 Å². The first-order valence-electron chi connectivity index (χ1n) is 10.2. The Morgan fingerprint density at radius 3 is 2.28 bits per heavy atom. The van der Waals surface area contributed by atoms with Crippen LogP contribution in [-0.4, -0.2) is 45.8 Å². The molecule has 0 aromatic heterocycles. The van der Waals surface area contributed by atoms with Crippen LogP contribution in [0.1, 0.15) is 40.7 Å². The summed E-state index contributed by atoms with van der Waals surface area (Å²) in [6.45, 7) is 2.44. The van der Waals surface area contributed by atoms with Crippen LogP contribution in [0, 0.1) is 6.92 Å². The molecule has 3 rings (SSSR count). The fourth-order valence-corrected chi connectivity index (χ4v) is 5.38. The highest BCUT2D eigenvalue weighted by Gasteiger charge is 2.35. The van der Waals surface area contributed by atoms with Gasteiger partial charge in [0.15, 0.2) is 0 Å². The number of nitrogens with zero attached hydrogens (tertiary/aromatic N) is 2. The van der Waals surface area contributed by atoms with Crippen molar-refractivity contribution in [2.75, 3.05) is 37.4 Å². The third-order valence-corrected chi connectivity index (χ3v) is 7.50. The number of carbonyl (C=O) groups is 1. The Kier molecular flexibility index (Phi) is 6.85. The molecular formula is C22H26F3N3O3S. The SMILES string of the molecule is Cc1ccc(C(=O)Nc2ccc(N(C)C)cc2C(F)(F)F)cc1S(=O)(=O)N1CCCCC1. The maximum absolute atomic E-state index is 13.6. The van der Waals surface area contributed by atoms with Gasteiger partial charge in [-0.1, -0.05) is 12.5 Å². The van der Waals surface area contributed by atoms with Crippen molar-refractivity contribution in [3.63, 3.8) is 0 Å². The smallest absolute Gasteiger partial charge is 0.378 e. The van der Waals surface area contributed by atoms with Crippen LogP contribution in [0.25, 0.3) is 0 Å². The summed E-state index contributed by atoms with van der Waals surface area (Å²) in [6, 6.07) is 7.74. The molecule has 32 heavy (non-hydrogen) atoms. The number of hydrogen-bond acceptors (Lipinski definition) is 4. The molecule has 6 nitrogen and oxygen atoms in total. The van der Waals surface area contributed by atoms with E-state index in [0.29, 0.717) is 24.3 Å². The van der Waals surface area contributed by atoms with E-state index in [2.05, 4.69) is 5.32 Å². The summed E-state index contributed by atoms with van der Waals surface area (Å²) in [5.41, 5.74) is -0.602.